The van der Waals surface area contributed by atoms with Crippen molar-refractivity contribution in [2.45, 2.75) is 39.5 Å². The molecule has 0 unspecified atom stereocenters. The van der Waals surface area contributed by atoms with E-state index in [-0.39, 0.29) is 5.91 Å². The standard InChI is InChI=1S/C17H26N2O/c1-14(2)9-10-18-17(20)13-15-5-7-16(8-6-15)19-11-3-4-12-19/h5-8,14H,3-4,9-13H2,1-2H3,(H,18,20). The minimum Gasteiger partial charge on any atom is -0.372 e. The molecular formula is C17H26N2O. The summed E-state index contributed by atoms with van der Waals surface area (Å²) >= 11 is 0. The lowest BCUT2D eigenvalue weighted by molar-refractivity contribution is -0.120. The van der Waals surface area contributed by atoms with Crippen LogP contribution in [0.15, 0.2) is 24.3 Å². The Morgan fingerprint density at radius 3 is 2.45 bits per heavy atom. The first kappa shape index (κ1) is 14.9. The highest BCUT2D eigenvalue weighted by molar-refractivity contribution is 5.78. The van der Waals surface area contributed by atoms with Crippen molar-refractivity contribution in [2.24, 2.45) is 5.92 Å². The van der Waals surface area contributed by atoms with Gasteiger partial charge in [0, 0.05) is 25.3 Å². The topological polar surface area (TPSA) is 32.3 Å². The zero-order chi connectivity index (χ0) is 14.4. The summed E-state index contributed by atoms with van der Waals surface area (Å²) in [6, 6.07) is 8.44. The molecule has 1 aliphatic heterocycles. The number of amides is 1. The maximum atomic E-state index is 11.8. The quantitative estimate of drug-likeness (QED) is 0.865. The van der Waals surface area contributed by atoms with E-state index in [1.807, 2.05) is 0 Å². The van der Waals surface area contributed by atoms with Crippen molar-refractivity contribution < 1.29 is 4.79 Å². The van der Waals surface area contributed by atoms with Crippen molar-refractivity contribution in [3.63, 3.8) is 0 Å². The van der Waals surface area contributed by atoms with E-state index in [0.29, 0.717) is 12.3 Å². The van der Waals surface area contributed by atoms with Crippen molar-refractivity contribution in [1.29, 1.82) is 0 Å². The van der Waals surface area contributed by atoms with Crippen LogP contribution in [0.25, 0.3) is 0 Å². The van der Waals surface area contributed by atoms with E-state index < -0.39 is 0 Å². The molecule has 1 aromatic carbocycles. The number of hydrogen-bond acceptors (Lipinski definition) is 2. The van der Waals surface area contributed by atoms with Gasteiger partial charge in [-0.15, -0.1) is 0 Å². The highest BCUT2D eigenvalue weighted by Crippen LogP contribution is 2.20. The van der Waals surface area contributed by atoms with Gasteiger partial charge in [-0.3, -0.25) is 4.79 Å². The molecular weight excluding hydrogens is 248 g/mol. The zero-order valence-corrected chi connectivity index (χ0v) is 12.7. The van der Waals surface area contributed by atoms with Gasteiger partial charge in [-0.1, -0.05) is 26.0 Å². The molecule has 3 heteroatoms. The molecule has 0 saturated carbocycles. The van der Waals surface area contributed by atoms with Crippen molar-refractivity contribution in [3.05, 3.63) is 29.8 Å². The molecule has 110 valence electrons. The number of carbonyl (C=O) groups excluding carboxylic acids is 1. The van der Waals surface area contributed by atoms with E-state index >= 15 is 0 Å². The molecule has 0 aromatic heterocycles. The van der Waals surface area contributed by atoms with Gasteiger partial charge in [0.25, 0.3) is 0 Å². The third-order valence-electron chi connectivity index (χ3n) is 3.82. The summed E-state index contributed by atoms with van der Waals surface area (Å²) in [6.07, 6.45) is 4.11. The fourth-order valence-corrected chi connectivity index (χ4v) is 2.55. The summed E-state index contributed by atoms with van der Waals surface area (Å²) in [5.74, 6) is 0.759. The Bertz CT molecular complexity index is 419. The van der Waals surface area contributed by atoms with Gasteiger partial charge < -0.3 is 10.2 Å². The predicted molar refractivity (Wildman–Crippen MR) is 84.1 cm³/mol. The van der Waals surface area contributed by atoms with E-state index in [9.17, 15) is 4.79 Å². The molecule has 1 saturated heterocycles. The number of carbonyl (C=O) groups is 1. The second-order valence-corrected chi connectivity index (χ2v) is 6.07. The summed E-state index contributed by atoms with van der Waals surface area (Å²) in [5, 5.41) is 2.98. The Morgan fingerprint density at radius 2 is 1.85 bits per heavy atom. The smallest absolute Gasteiger partial charge is 0.224 e. The highest BCUT2D eigenvalue weighted by atomic mass is 16.1. The van der Waals surface area contributed by atoms with Crippen molar-refractivity contribution >= 4 is 11.6 Å². The predicted octanol–water partition coefficient (Wildman–Crippen LogP) is 2.99. The third kappa shape index (κ3) is 4.55. The van der Waals surface area contributed by atoms with Crippen LogP contribution < -0.4 is 10.2 Å². The van der Waals surface area contributed by atoms with E-state index in [2.05, 4.69) is 48.3 Å². The third-order valence-corrected chi connectivity index (χ3v) is 3.82. The summed E-state index contributed by atoms with van der Waals surface area (Å²) in [6.45, 7) is 7.44. The van der Waals surface area contributed by atoms with Gasteiger partial charge in [0.05, 0.1) is 6.42 Å². The van der Waals surface area contributed by atoms with Gasteiger partial charge in [0.2, 0.25) is 5.91 Å². The second kappa shape index (κ2) is 7.32. The molecule has 1 heterocycles. The van der Waals surface area contributed by atoms with Crippen LogP contribution in [-0.2, 0) is 11.2 Å². The van der Waals surface area contributed by atoms with Crippen LogP contribution in [0.4, 0.5) is 5.69 Å². The van der Waals surface area contributed by atoms with Gasteiger partial charge in [-0.25, -0.2) is 0 Å². The Kier molecular flexibility index (Phi) is 5.45. The number of benzene rings is 1. The molecule has 0 atom stereocenters. The Balaban J connectivity index is 1.79. The van der Waals surface area contributed by atoms with Crippen molar-refractivity contribution in [1.82, 2.24) is 5.32 Å². The van der Waals surface area contributed by atoms with E-state index in [4.69, 9.17) is 0 Å². The number of rotatable bonds is 6. The highest BCUT2D eigenvalue weighted by Gasteiger charge is 2.12. The maximum Gasteiger partial charge on any atom is 0.224 e. The van der Waals surface area contributed by atoms with E-state index in [1.54, 1.807) is 0 Å². The minimum absolute atomic E-state index is 0.125. The Labute approximate surface area is 122 Å². The zero-order valence-electron chi connectivity index (χ0n) is 12.7. The van der Waals surface area contributed by atoms with Gasteiger partial charge in [-0.05, 0) is 42.9 Å². The van der Waals surface area contributed by atoms with Gasteiger partial charge in [-0.2, -0.15) is 0 Å². The van der Waals surface area contributed by atoms with Crippen LogP contribution in [-0.4, -0.2) is 25.5 Å². The number of anilines is 1. The molecule has 1 fully saturated rings. The first-order chi connectivity index (χ1) is 9.65. The minimum atomic E-state index is 0.125. The van der Waals surface area contributed by atoms with E-state index in [0.717, 1.165) is 31.6 Å². The summed E-state index contributed by atoms with van der Waals surface area (Å²) in [5.41, 5.74) is 2.38. The van der Waals surface area contributed by atoms with Crippen LogP contribution >= 0.6 is 0 Å². The van der Waals surface area contributed by atoms with Gasteiger partial charge >= 0.3 is 0 Å². The summed E-state index contributed by atoms with van der Waals surface area (Å²) < 4.78 is 0. The normalized spacial score (nSPS) is 14.8. The van der Waals surface area contributed by atoms with Gasteiger partial charge in [0.15, 0.2) is 0 Å². The van der Waals surface area contributed by atoms with Crippen molar-refractivity contribution in [3.8, 4) is 0 Å². The second-order valence-electron chi connectivity index (χ2n) is 6.07. The molecule has 1 aliphatic rings. The average Bonchev–Trinajstić information content (AvgIpc) is 2.93. The van der Waals surface area contributed by atoms with Crippen LogP contribution in [0.1, 0.15) is 38.7 Å². The Hall–Kier alpha value is -1.51. The first-order valence-corrected chi connectivity index (χ1v) is 7.76. The molecule has 1 amide bonds. The van der Waals surface area contributed by atoms with E-state index in [1.165, 1.54) is 18.5 Å². The lowest BCUT2D eigenvalue weighted by Crippen LogP contribution is -2.26. The molecule has 20 heavy (non-hydrogen) atoms. The number of nitrogens with one attached hydrogen (secondary N) is 1. The maximum absolute atomic E-state index is 11.8. The average molecular weight is 274 g/mol. The molecule has 0 spiro atoms. The fraction of sp³-hybridized carbons (Fsp3) is 0.588. The molecule has 1 N–H and O–H groups in total. The molecule has 2 rings (SSSR count). The fourth-order valence-electron chi connectivity index (χ4n) is 2.55. The molecule has 0 radical (unpaired) electrons. The molecule has 0 bridgehead atoms. The number of nitrogens with zero attached hydrogens (tertiary/aromatic N) is 1. The van der Waals surface area contributed by atoms with Crippen LogP contribution in [0.5, 0.6) is 0 Å². The summed E-state index contributed by atoms with van der Waals surface area (Å²) in [4.78, 5) is 14.2. The number of hydrogen-bond donors (Lipinski definition) is 1. The molecule has 0 aliphatic carbocycles. The van der Waals surface area contributed by atoms with Crippen LogP contribution in [0.2, 0.25) is 0 Å². The van der Waals surface area contributed by atoms with Crippen LogP contribution in [0.3, 0.4) is 0 Å². The first-order valence-electron chi connectivity index (χ1n) is 7.76. The lowest BCUT2D eigenvalue weighted by Gasteiger charge is -2.17. The molecule has 3 nitrogen and oxygen atoms in total. The monoisotopic (exact) mass is 274 g/mol. The van der Waals surface area contributed by atoms with Crippen molar-refractivity contribution in [2.75, 3.05) is 24.5 Å². The largest absolute Gasteiger partial charge is 0.372 e. The van der Waals surface area contributed by atoms with Crippen LogP contribution in [0, 0.1) is 5.92 Å². The SMILES string of the molecule is CC(C)CCNC(=O)Cc1ccc(N2CCCC2)cc1. The Morgan fingerprint density at radius 1 is 1.20 bits per heavy atom. The molecule has 1 aromatic rings. The lowest BCUT2D eigenvalue weighted by atomic mass is 10.1. The summed E-state index contributed by atoms with van der Waals surface area (Å²) in [7, 11) is 0. The van der Waals surface area contributed by atoms with Gasteiger partial charge in [0.1, 0.15) is 0 Å².